The average Bonchev–Trinajstić information content (AvgIpc) is 3.68. The summed E-state index contributed by atoms with van der Waals surface area (Å²) in [5, 5.41) is 0. The molecule has 0 unspecified atom stereocenters. The number of halogens is 1. The number of hydrogen-bond donors (Lipinski definition) is 0. The van der Waals surface area contributed by atoms with E-state index in [1.807, 2.05) is 60.7 Å². The molecule has 1 atom stereocenters. The fourth-order valence-corrected chi connectivity index (χ4v) is 7.78. The summed E-state index contributed by atoms with van der Waals surface area (Å²) in [5.41, 5.74) is 6.92. The van der Waals surface area contributed by atoms with Crippen molar-refractivity contribution in [3.05, 3.63) is 156 Å². The van der Waals surface area contributed by atoms with Crippen LogP contribution in [0, 0.1) is 0 Å². The van der Waals surface area contributed by atoms with Crippen molar-refractivity contribution in [2.24, 2.45) is 4.99 Å². The molecule has 0 saturated carbocycles. The van der Waals surface area contributed by atoms with E-state index in [1.54, 1.807) is 44.8 Å². The minimum Gasteiger partial charge on any atom is -0.493 e. The van der Waals surface area contributed by atoms with Crippen LogP contribution in [0.3, 0.4) is 0 Å². The van der Waals surface area contributed by atoms with E-state index in [2.05, 4.69) is 63.0 Å². The van der Waals surface area contributed by atoms with Crippen LogP contribution < -0.4 is 24.4 Å². The number of benzene rings is 4. The molecule has 51 heavy (non-hydrogen) atoms. The molecule has 0 spiro atoms. The summed E-state index contributed by atoms with van der Waals surface area (Å²) in [7, 11) is 3.11. The number of carbonyl (C=O) groups is 1. The molecule has 0 saturated heterocycles. The molecule has 0 N–H and O–H groups in total. The lowest BCUT2D eigenvalue weighted by molar-refractivity contribution is -0.139. The first-order chi connectivity index (χ1) is 24.8. The fraction of sp³-hybridized carbons (Fsp3) is 0.146. The predicted molar refractivity (Wildman–Crippen MR) is 204 cm³/mol. The highest BCUT2D eigenvalue weighted by Crippen LogP contribution is 2.38. The lowest BCUT2D eigenvalue weighted by Gasteiger charge is -2.25. The van der Waals surface area contributed by atoms with Crippen LogP contribution in [-0.2, 0) is 9.53 Å². The van der Waals surface area contributed by atoms with Crippen LogP contribution in [0.15, 0.2) is 135 Å². The third-order valence-corrected chi connectivity index (χ3v) is 10.3. The van der Waals surface area contributed by atoms with Crippen molar-refractivity contribution >= 4 is 39.3 Å². The smallest absolute Gasteiger partial charge is 0.338 e. The maximum atomic E-state index is 14.7. The normalized spacial score (nSPS) is 14.2. The number of aromatic nitrogens is 2. The van der Waals surface area contributed by atoms with Crippen molar-refractivity contribution < 1.29 is 19.0 Å². The molecule has 3 heterocycles. The number of methoxy groups -OCH3 is 2. The van der Waals surface area contributed by atoms with Crippen LogP contribution in [-0.4, -0.2) is 35.9 Å². The van der Waals surface area contributed by atoms with Gasteiger partial charge in [0.1, 0.15) is 0 Å². The molecule has 4 aromatic carbocycles. The Morgan fingerprint density at radius 2 is 1.55 bits per heavy atom. The van der Waals surface area contributed by atoms with Gasteiger partial charge >= 0.3 is 5.97 Å². The van der Waals surface area contributed by atoms with Crippen LogP contribution in [0.1, 0.15) is 31.0 Å². The summed E-state index contributed by atoms with van der Waals surface area (Å²) in [4.78, 5) is 33.4. The van der Waals surface area contributed by atoms with Crippen LogP contribution in [0.25, 0.3) is 34.3 Å². The van der Waals surface area contributed by atoms with E-state index in [-0.39, 0.29) is 12.2 Å². The van der Waals surface area contributed by atoms with Gasteiger partial charge in [-0.15, -0.1) is 0 Å². The van der Waals surface area contributed by atoms with Gasteiger partial charge in [-0.2, -0.15) is 0 Å². The van der Waals surface area contributed by atoms with Crippen LogP contribution >= 0.6 is 27.3 Å². The van der Waals surface area contributed by atoms with Gasteiger partial charge in [0, 0.05) is 15.7 Å². The third-order valence-electron chi connectivity index (χ3n) is 8.76. The molecule has 1 aliphatic heterocycles. The molecule has 10 heteroatoms. The molecule has 0 aliphatic carbocycles. The second kappa shape index (κ2) is 14.4. The Labute approximate surface area is 307 Å². The molecular weight excluding hydrogens is 726 g/mol. The summed E-state index contributed by atoms with van der Waals surface area (Å²) in [6.07, 6.45) is 1.93. The summed E-state index contributed by atoms with van der Waals surface area (Å²) in [6.45, 7) is 3.71. The molecule has 0 fully saturated rings. The summed E-state index contributed by atoms with van der Waals surface area (Å²) in [6, 6.07) is 35.3. The van der Waals surface area contributed by atoms with Crippen LogP contribution in [0.5, 0.6) is 11.5 Å². The van der Waals surface area contributed by atoms with Crippen molar-refractivity contribution in [2.45, 2.75) is 19.9 Å². The molecular formula is C41H34BrN3O5S. The van der Waals surface area contributed by atoms with E-state index in [9.17, 15) is 9.59 Å². The standard InChI is InChI=1S/C41H34BrN3O5S/c1-5-50-40(47)36-25(2)43-41-45(38(36)28-16-21-33(48-3)34(23-28)49-4)39(46)35(51-41)24-29-22-32(26-12-8-6-9-13-26)44(31-19-17-30(42)18-20-31)37(29)27-14-10-7-11-15-27/h6-24,38H,5H2,1-4H3/b35-24-/t38-/m1/s1. The van der Waals surface area contributed by atoms with Crippen molar-refractivity contribution in [1.29, 1.82) is 0 Å². The lowest BCUT2D eigenvalue weighted by Crippen LogP contribution is -2.40. The van der Waals surface area contributed by atoms with Gasteiger partial charge in [-0.3, -0.25) is 9.36 Å². The van der Waals surface area contributed by atoms with Crippen molar-refractivity contribution in [3.8, 4) is 39.7 Å². The number of nitrogens with zero attached hydrogens (tertiary/aromatic N) is 3. The second-order valence-corrected chi connectivity index (χ2v) is 13.7. The SMILES string of the molecule is CCOC(=O)C1=C(C)N=c2s/c(=C\c3cc(-c4ccccc4)n(-c4ccc(Br)cc4)c3-c3ccccc3)c(=O)n2[C@@H]1c1ccc(OC)c(OC)c1. The number of allylic oxidation sites excluding steroid dienone is 1. The Morgan fingerprint density at radius 3 is 2.20 bits per heavy atom. The molecule has 1 aliphatic rings. The fourth-order valence-electron chi connectivity index (χ4n) is 6.48. The Morgan fingerprint density at radius 1 is 0.882 bits per heavy atom. The number of ether oxygens (including phenoxy) is 3. The molecule has 0 radical (unpaired) electrons. The van der Waals surface area contributed by atoms with Gasteiger partial charge in [0.15, 0.2) is 16.3 Å². The second-order valence-electron chi connectivity index (χ2n) is 11.8. The van der Waals surface area contributed by atoms with Crippen LogP contribution in [0.2, 0.25) is 0 Å². The highest BCUT2D eigenvalue weighted by molar-refractivity contribution is 9.10. The van der Waals surface area contributed by atoms with E-state index in [4.69, 9.17) is 19.2 Å². The Balaban J connectivity index is 1.51. The molecule has 8 nitrogen and oxygen atoms in total. The highest BCUT2D eigenvalue weighted by atomic mass is 79.9. The van der Waals surface area contributed by atoms with Gasteiger partial charge in [0.2, 0.25) is 0 Å². The monoisotopic (exact) mass is 759 g/mol. The molecule has 0 bridgehead atoms. The summed E-state index contributed by atoms with van der Waals surface area (Å²) in [5.74, 6) is 0.480. The zero-order valence-electron chi connectivity index (χ0n) is 28.4. The molecule has 7 rings (SSSR count). The van der Waals surface area contributed by atoms with Gasteiger partial charge in [0.05, 0.1) is 54.1 Å². The third kappa shape index (κ3) is 6.37. The molecule has 2 aromatic heterocycles. The average molecular weight is 761 g/mol. The Bertz CT molecular complexity index is 2470. The number of esters is 1. The van der Waals surface area contributed by atoms with Gasteiger partial charge in [-0.25, -0.2) is 9.79 Å². The van der Waals surface area contributed by atoms with Crippen LogP contribution in [0.4, 0.5) is 0 Å². The number of carbonyl (C=O) groups excluding carboxylic acids is 1. The van der Waals surface area contributed by atoms with E-state index in [1.165, 1.54) is 11.3 Å². The van der Waals surface area contributed by atoms with E-state index in [0.29, 0.717) is 37.7 Å². The zero-order valence-corrected chi connectivity index (χ0v) is 30.8. The summed E-state index contributed by atoms with van der Waals surface area (Å²) < 4.78 is 21.9. The van der Waals surface area contributed by atoms with Gasteiger partial charge in [-0.1, -0.05) is 94.0 Å². The molecule has 6 aromatic rings. The van der Waals surface area contributed by atoms with Crippen molar-refractivity contribution in [3.63, 3.8) is 0 Å². The van der Waals surface area contributed by atoms with E-state index >= 15 is 0 Å². The van der Waals surface area contributed by atoms with Crippen molar-refractivity contribution in [1.82, 2.24) is 9.13 Å². The minimum atomic E-state index is -0.803. The predicted octanol–water partition coefficient (Wildman–Crippen LogP) is 7.70. The molecule has 0 amide bonds. The molecule has 256 valence electrons. The van der Waals surface area contributed by atoms with Gasteiger partial charge in [-0.05, 0) is 79.1 Å². The number of hydrogen-bond acceptors (Lipinski definition) is 7. The topological polar surface area (TPSA) is 84.1 Å². The Kier molecular flexibility index (Phi) is 9.62. The minimum absolute atomic E-state index is 0.181. The maximum absolute atomic E-state index is 14.7. The highest BCUT2D eigenvalue weighted by Gasteiger charge is 2.34. The van der Waals surface area contributed by atoms with E-state index < -0.39 is 12.0 Å². The zero-order chi connectivity index (χ0) is 35.6. The first-order valence-corrected chi connectivity index (χ1v) is 18.0. The lowest BCUT2D eigenvalue weighted by atomic mass is 9.95. The number of rotatable bonds is 9. The number of fused-ring (bicyclic) bond motifs is 1. The van der Waals surface area contributed by atoms with E-state index in [0.717, 1.165) is 38.2 Å². The Hall–Kier alpha value is -5.45. The first-order valence-electron chi connectivity index (χ1n) is 16.4. The first kappa shape index (κ1) is 34.0. The summed E-state index contributed by atoms with van der Waals surface area (Å²) >= 11 is 4.87. The van der Waals surface area contributed by atoms with Gasteiger partial charge < -0.3 is 18.8 Å². The quantitative estimate of drug-likeness (QED) is 0.141. The number of thiazole rings is 1. The van der Waals surface area contributed by atoms with Crippen molar-refractivity contribution in [2.75, 3.05) is 20.8 Å². The maximum Gasteiger partial charge on any atom is 0.338 e. The largest absolute Gasteiger partial charge is 0.493 e. The van der Waals surface area contributed by atoms with Gasteiger partial charge in [0.25, 0.3) is 5.56 Å².